The Morgan fingerprint density at radius 2 is 1.83 bits per heavy atom. The molecule has 1 aliphatic heterocycles. The average Bonchev–Trinajstić information content (AvgIpc) is 3.29. The van der Waals surface area contributed by atoms with Crippen LogP contribution in [0.4, 0.5) is 9.18 Å². The summed E-state index contributed by atoms with van der Waals surface area (Å²) in [6.45, 7) is 10.2. The van der Waals surface area contributed by atoms with Gasteiger partial charge in [0, 0.05) is 19.1 Å². The van der Waals surface area contributed by atoms with Crippen LogP contribution >= 0.6 is 11.6 Å². The van der Waals surface area contributed by atoms with Gasteiger partial charge in [0.15, 0.2) is 0 Å². The third kappa shape index (κ3) is 9.91. The first kappa shape index (κ1) is 34.3. The van der Waals surface area contributed by atoms with Gasteiger partial charge in [0.2, 0.25) is 11.8 Å². The van der Waals surface area contributed by atoms with Crippen molar-refractivity contribution in [3.63, 3.8) is 0 Å². The van der Waals surface area contributed by atoms with Crippen molar-refractivity contribution in [1.29, 1.82) is 0 Å². The largest absolute Gasteiger partial charge is 0.444 e. The van der Waals surface area contributed by atoms with Crippen LogP contribution in [0, 0.1) is 17.7 Å². The zero-order valence-electron chi connectivity index (χ0n) is 25.3. The average molecular weight is 629 g/mol. The summed E-state index contributed by atoms with van der Waals surface area (Å²) in [4.78, 5) is 41.9. The summed E-state index contributed by atoms with van der Waals surface area (Å²) in [5.41, 5.74) is -0.677. The normalized spacial score (nSPS) is 21.9. The zero-order valence-corrected chi connectivity index (χ0v) is 26.9. The lowest BCUT2D eigenvalue weighted by Crippen LogP contribution is -2.55. The molecule has 0 aromatic heterocycles. The molecule has 3 rings (SSSR count). The molecule has 0 radical (unpaired) electrons. The van der Waals surface area contributed by atoms with Crippen molar-refractivity contribution < 1.29 is 27.7 Å². The van der Waals surface area contributed by atoms with Crippen LogP contribution in [0.25, 0.3) is 0 Å². The number of amides is 3. The Hall–Kier alpha value is -2.24. The number of rotatable bonds is 12. The van der Waals surface area contributed by atoms with E-state index in [0.29, 0.717) is 43.7 Å². The second-order valence-corrected chi connectivity index (χ2v) is 14.4. The highest BCUT2D eigenvalue weighted by molar-refractivity contribution is 7.83. The van der Waals surface area contributed by atoms with Crippen molar-refractivity contribution in [2.24, 2.45) is 11.8 Å². The molecule has 42 heavy (non-hydrogen) atoms. The number of halogens is 2. The van der Waals surface area contributed by atoms with Crippen molar-refractivity contribution in [3.05, 3.63) is 29.0 Å². The zero-order chi connectivity index (χ0) is 31.0. The van der Waals surface area contributed by atoms with Crippen molar-refractivity contribution in [3.8, 4) is 0 Å². The summed E-state index contributed by atoms with van der Waals surface area (Å²) in [6, 6.07) is 2.29. The van der Waals surface area contributed by atoms with E-state index < -0.39 is 40.6 Å². The highest BCUT2D eigenvalue weighted by atomic mass is 35.5. The third-order valence-electron chi connectivity index (χ3n) is 7.56. The Morgan fingerprint density at radius 3 is 2.50 bits per heavy atom. The molecular formula is C30H46ClFN4O5S. The van der Waals surface area contributed by atoms with Crippen molar-refractivity contribution in [2.75, 3.05) is 13.1 Å². The van der Waals surface area contributed by atoms with Gasteiger partial charge in [-0.2, -0.15) is 0 Å². The van der Waals surface area contributed by atoms with Gasteiger partial charge in [0.25, 0.3) is 0 Å². The van der Waals surface area contributed by atoms with E-state index in [1.165, 1.54) is 12.1 Å². The first-order valence-electron chi connectivity index (χ1n) is 15.0. The molecule has 2 aliphatic rings. The number of likely N-dealkylation sites (tertiary alicyclic amines) is 1. The number of benzene rings is 1. The van der Waals surface area contributed by atoms with E-state index >= 15 is 0 Å². The lowest BCUT2D eigenvalue weighted by atomic mass is 9.85. The number of ether oxygens (including phenoxy) is 1. The van der Waals surface area contributed by atoms with Crippen LogP contribution in [0.15, 0.2) is 23.1 Å². The summed E-state index contributed by atoms with van der Waals surface area (Å²) >= 11 is 5.97. The van der Waals surface area contributed by atoms with Gasteiger partial charge in [0.05, 0.1) is 9.92 Å². The molecule has 5 unspecified atom stereocenters. The number of hydrogen-bond donors (Lipinski definition) is 3. The number of carbonyl (C=O) groups is 3. The highest BCUT2D eigenvalue weighted by Crippen LogP contribution is 2.40. The second-order valence-electron chi connectivity index (χ2n) is 12.7. The van der Waals surface area contributed by atoms with E-state index in [4.69, 9.17) is 16.3 Å². The number of nitrogens with one attached hydrogen (secondary N) is 3. The third-order valence-corrected chi connectivity index (χ3v) is 9.21. The van der Waals surface area contributed by atoms with E-state index in [0.717, 1.165) is 31.7 Å². The van der Waals surface area contributed by atoms with Crippen molar-refractivity contribution in [1.82, 2.24) is 20.3 Å². The number of unbranched alkanes of at least 4 members (excludes halogenated alkanes) is 1. The van der Waals surface area contributed by atoms with Crippen LogP contribution in [0.3, 0.4) is 0 Å². The predicted octanol–water partition coefficient (Wildman–Crippen LogP) is 5.09. The molecule has 1 aromatic carbocycles. The second kappa shape index (κ2) is 15.5. The van der Waals surface area contributed by atoms with Gasteiger partial charge >= 0.3 is 6.09 Å². The molecule has 3 N–H and O–H groups in total. The first-order valence-corrected chi connectivity index (χ1v) is 16.5. The van der Waals surface area contributed by atoms with Crippen LogP contribution in [0.2, 0.25) is 5.02 Å². The van der Waals surface area contributed by atoms with Gasteiger partial charge in [0.1, 0.15) is 34.5 Å². The summed E-state index contributed by atoms with van der Waals surface area (Å²) in [6.07, 6.45) is 5.73. The molecule has 5 atom stereocenters. The smallest absolute Gasteiger partial charge is 0.411 e. The maximum Gasteiger partial charge on any atom is 0.411 e. The quantitative estimate of drug-likeness (QED) is 0.279. The van der Waals surface area contributed by atoms with E-state index in [1.54, 1.807) is 4.90 Å². The molecule has 1 aromatic rings. The molecule has 1 aliphatic carbocycles. The fourth-order valence-corrected chi connectivity index (χ4v) is 6.99. The standard InChI is InChI=1S/C30H46ClFN4O5S/c1-19(2)16-23(27(37)33-14-8-9-15-34-42(40)26-13-12-21(32)18-22(26)31)35-28(38)25-17-20-10-6-7-11-24(20)36(25)29(39)41-30(3,4)5/h12-13,18-20,23-25,34H,6-11,14-17H2,1-5H3,(H,33,37)(H,35,38). The molecule has 1 saturated carbocycles. The number of fused-ring (bicyclic) bond motifs is 1. The highest BCUT2D eigenvalue weighted by Gasteiger charge is 2.49. The van der Waals surface area contributed by atoms with E-state index in [9.17, 15) is 23.0 Å². The summed E-state index contributed by atoms with van der Waals surface area (Å²) < 4.78 is 34.2. The maximum atomic E-state index is 13.6. The Labute approximate surface area is 256 Å². The minimum Gasteiger partial charge on any atom is -0.444 e. The molecule has 2 fully saturated rings. The minimum atomic E-state index is -1.58. The molecule has 3 amide bonds. The molecule has 236 valence electrons. The summed E-state index contributed by atoms with van der Waals surface area (Å²) in [7, 11) is -1.58. The van der Waals surface area contributed by atoms with Crippen LogP contribution in [0.5, 0.6) is 0 Å². The Balaban J connectivity index is 1.53. The maximum absolute atomic E-state index is 13.6. The fraction of sp³-hybridized carbons (Fsp3) is 0.700. The van der Waals surface area contributed by atoms with Crippen LogP contribution in [-0.2, 0) is 25.3 Å². The predicted molar refractivity (Wildman–Crippen MR) is 162 cm³/mol. The molecule has 0 bridgehead atoms. The van der Waals surface area contributed by atoms with Gasteiger partial charge in [-0.25, -0.2) is 18.1 Å². The SMILES string of the molecule is CC(C)CC(NC(=O)C1CC2CCCCC2N1C(=O)OC(C)(C)C)C(=O)NCCCCNS(=O)c1ccc(F)cc1Cl. The molecule has 9 nitrogen and oxygen atoms in total. The van der Waals surface area contributed by atoms with E-state index in [2.05, 4.69) is 15.4 Å². The topological polar surface area (TPSA) is 117 Å². The monoisotopic (exact) mass is 628 g/mol. The molecule has 0 spiro atoms. The van der Waals surface area contributed by atoms with Crippen LogP contribution in [-0.4, -0.2) is 63.8 Å². The van der Waals surface area contributed by atoms with E-state index in [1.807, 2.05) is 34.6 Å². The molecular weight excluding hydrogens is 583 g/mol. The van der Waals surface area contributed by atoms with Crippen LogP contribution in [0.1, 0.15) is 86.0 Å². The lowest BCUT2D eigenvalue weighted by Gasteiger charge is -2.35. The molecule has 12 heteroatoms. The van der Waals surface area contributed by atoms with Gasteiger partial charge in [-0.1, -0.05) is 38.3 Å². The van der Waals surface area contributed by atoms with Crippen LogP contribution < -0.4 is 15.4 Å². The van der Waals surface area contributed by atoms with Gasteiger partial charge in [-0.05, 0) is 89.3 Å². The fourth-order valence-electron chi connectivity index (χ4n) is 5.70. The summed E-state index contributed by atoms with van der Waals surface area (Å²) in [5.74, 6) is -0.675. The van der Waals surface area contributed by atoms with Gasteiger partial charge in [-0.3, -0.25) is 14.5 Å². The summed E-state index contributed by atoms with van der Waals surface area (Å²) in [5, 5.41) is 5.95. The Kier molecular flexibility index (Phi) is 12.6. The Morgan fingerprint density at radius 1 is 1.14 bits per heavy atom. The Bertz CT molecular complexity index is 1130. The molecule has 1 saturated heterocycles. The molecule has 1 heterocycles. The van der Waals surface area contributed by atoms with Crippen molar-refractivity contribution >= 4 is 40.5 Å². The van der Waals surface area contributed by atoms with Gasteiger partial charge in [-0.15, -0.1) is 0 Å². The first-order chi connectivity index (χ1) is 19.8. The lowest BCUT2D eigenvalue weighted by molar-refractivity contribution is -0.132. The minimum absolute atomic E-state index is 0.0243. The van der Waals surface area contributed by atoms with E-state index in [-0.39, 0.29) is 34.7 Å². The number of hydrogen-bond acceptors (Lipinski definition) is 5. The number of carbonyl (C=O) groups excluding carboxylic acids is 3. The number of nitrogens with zero attached hydrogens (tertiary/aromatic N) is 1. The van der Waals surface area contributed by atoms with Crippen molar-refractivity contribution in [2.45, 2.75) is 115 Å². The van der Waals surface area contributed by atoms with Gasteiger partial charge < -0.3 is 15.4 Å².